The minimum absolute atomic E-state index is 0.00157. The summed E-state index contributed by atoms with van der Waals surface area (Å²) in [6.07, 6.45) is 4.39. The Balaban J connectivity index is 1.98. The highest BCUT2D eigenvalue weighted by atomic mass is 16.2. The third-order valence-corrected chi connectivity index (χ3v) is 4.31. The van der Waals surface area contributed by atoms with E-state index in [9.17, 15) is 14.4 Å². The van der Waals surface area contributed by atoms with E-state index in [1.54, 1.807) is 0 Å². The number of carbonyl (C=O) groups excluding carboxylic acids is 3. The summed E-state index contributed by atoms with van der Waals surface area (Å²) in [4.78, 5) is 35.6. The molecule has 0 bridgehead atoms. The fourth-order valence-corrected chi connectivity index (χ4v) is 2.97. The van der Waals surface area contributed by atoms with E-state index in [1.807, 2.05) is 30.3 Å². The van der Waals surface area contributed by atoms with Gasteiger partial charge in [0.05, 0.1) is 0 Å². The van der Waals surface area contributed by atoms with Crippen LogP contribution in [0.3, 0.4) is 0 Å². The second-order valence-corrected chi connectivity index (χ2v) is 6.24. The Kier molecular flexibility index (Phi) is 6.78. The molecule has 1 aliphatic carbocycles. The van der Waals surface area contributed by atoms with Crippen LogP contribution in [0.5, 0.6) is 0 Å². The molecule has 0 aromatic heterocycles. The van der Waals surface area contributed by atoms with Gasteiger partial charge in [0.25, 0.3) is 0 Å². The predicted molar refractivity (Wildman–Crippen MR) is 90.9 cm³/mol. The van der Waals surface area contributed by atoms with Gasteiger partial charge in [-0.1, -0.05) is 43.2 Å². The van der Waals surface area contributed by atoms with Crippen LogP contribution in [0.1, 0.15) is 37.7 Å². The summed E-state index contributed by atoms with van der Waals surface area (Å²) in [6.45, 7) is 0.179. The summed E-state index contributed by atoms with van der Waals surface area (Å²) in [5.74, 6) is -0.809. The van der Waals surface area contributed by atoms with Gasteiger partial charge in [0.1, 0.15) is 6.04 Å². The number of carbonyl (C=O) groups is 3. The van der Waals surface area contributed by atoms with Crippen LogP contribution in [0.2, 0.25) is 0 Å². The van der Waals surface area contributed by atoms with Crippen molar-refractivity contribution in [3.05, 3.63) is 35.9 Å². The summed E-state index contributed by atoms with van der Waals surface area (Å²) in [5.41, 5.74) is 6.05. The van der Waals surface area contributed by atoms with E-state index in [1.165, 1.54) is 0 Å². The Labute approximate surface area is 142 Å². The molecule has 3 amide bonds. The van der Waals surface area contributed by atoms with Gasteiger partial charge in [-0.25, -0.2) is 0 Å². The van der Waals surface area contributed by atoms with Crippen molar-refractivity contribution < 1.29 is 14.4 Å². The molecule has 6 nitrogen and oxygen atoms in total. The van der Waals surface area contributed by atoms with Gasteiger partial charge < -0.3 is 16.4 Å². The molecule has 0 aliphatic heterocycles. The molecule has 1 unspecified atom stereocenters. The smallest absolute Gasteiger partial charge is 0.242 e. The minimum Gasteiger partial charge on any atom is -0.370 e. The van der Waals surface area contributed by atoms with Gasteiger partial charge in [-0.2, -0.15) is 0 Å². The van der Waals surface area contributed by atoms with Gasteiger partial charge in [-0.3, -0.25) is 14.4 Å². The number of hydrogen-bond donors (Lipinski definition) is 3. The van der Waals surface area contributed by atoms with Crippen LogP contribution in [0, 0.1) is 5.92 Å². The molecule has 1 aliphatic rings. The number of benzene rings is 1. The summed E-state index contributed by atoms with van der Waals surface area (Å²) in [6, 6.07) is 8.90. The van der Waals surface area contributed by atoms with Crippen LogP contribution >= 0.6 is 0 Å². The highest BCUT2D eigenvalue weighted by molar-refractivity contribution is 5.89. The first-order valence-electron chi connectivity index (χ1n) is 8.46. The molecule has 130 valence electrons. The molecule has 0 spiro atoms. The zero-order valence-electron chi connectivity index (χ0n) is 13.8. The van der Waals surface area contributed by atoms with Gasteiger partial charge in [0.15, 0.2) is 0 Å². The molecule has 1 saturated carbocycles. The van der Waals surface area contributed by atoms with Gasteiger partial charge in [-0.05, 0) is 18.4 Å². The molecule has 4 N–H and O–H groups in total. The van der Waals surface area contributed by atoms with Crippen molar-refractivity contribution in [1.29, 1.82) is 0 Å². The topological polar surface area (TPSA) is 101 Å². The fraction of sp³-hybridized carbons (Fsp3) is 0.500. The van der Waals surface area contributed by atoms with Crippen molar-refractivity contribution in [2.45, 2.75) is 44.6 Å². The third kappa shape index (κ3) is 5.68. The van der Waals surface area contributed by atoms with Crippen LogP contribution < -0.4 is 16.4 Å². The maximum atomic E-state index is 12.4. The molecule has 24 heavy (non-hydrogen) atoms. The Morgan fingerprint density at radius 3 is 2.42 bits per heavy atom. The molecule has 1 fully saturated rings. The SMILES string of the molecule is NC(=O)CCNC(=O)C(Cc1ccccc1)NC(=O)C1CCCC1. The van der Waals surface area contributed by atoms with Crippen molar-refractivity contribution in [2.75, 3.05) is 6.54 Å². The van der Waals surface area contributed by atoms with Crippen LogP contribution in [-0.2, 0) is 20.8 Å². The van der Waals surface area contributed by atoms with Crippen molar-refractivity contribution >= 4 is 17.7 Å². The molecule has 1 aromatic carbocycles. The second-order valence-electron chi connectivity index (χ2n) is 6.24. The van der Waals surface area contributed by atoms with E-state index in [2.05, 4.69) is 10.6 Å². The highest BCUT2D eigenvalue weighted by Gasteiger charge is 2.27. The van der Waals surface area contributed by atoms with Crippen LogP contribution in [0.25, 0.3) is 0 Å². The van der Waals surface area contributed by atoms with Crippen LogP contribution in [0.15, 0.2) is 30.3 Å². The zero-order chi connectivity index (χ0) is 17.4. The maximum absolute atomic E-state index is 12.4. The van der Waals surface area contributed by atoms with Crippen molar-refractivity contribution in [1.82, 2.24) is 10.6 Å². The first kappa shape index (κ1) is 18.0. The molecule has 0 saturated heterocycles. The van der Waals surface area contributed by atoms with E-state index in [4.69, 9.17) is 5.73 Å². The molecule has 0 radical (unpaired) electrons. The third-order valence-electron chi connectivity index (χ3n) is 4.31. The number of primary amides is 1. The number of hydrogen-bond acceptors (Lipinski definition) is 3. The average Bonchev–Trinajstić information content (AvgIpc) is 3.09. The molecular formula is C18H25N3O3. The molecule has 6 heteroatoms. The lowest BCUT2D eigenvalue weighted by Crippen LogP contribution is -2.49. The number of amides is 3. The van der Waals surface area contributed by atoms with Gasteiger partial charge in [0.2, 0.25) is 17.7 Å². The second kappa shape index (κ2) is 9.05. The molecule has 1 atom stereocenters. The normalized spacial score (nSPS) is 15.7. The van der Waals surface area contributed by atoms with Gasteiger partial charge in [0, 0.05) is 25.3 Å². The predicted octanol–water partition coefficient (Wildman–Crippen LogP) is 0.896. The van der Waals surface area contributed by atoms with Crippen LogP contribution in [-0.4, -0.2) is 30.3 Å². The Hall–Kier alpha value is -2.37. The van der Waals surface area contributed by atoms with Gasteiger partial charge >= 0.3 is 0 Å². The van der Waals surface area contributed by atoms with E-state index in [0.717, 1.165) is 31.2 Å². The molecule has 1 aromatic rings. The lowest BCUT2D eigenvalue weighted by molar-refractivity contribution is -0.131. The van der Waals surface area contributed by atoms with E-state index in [0.29, 0.717) is 6.42 Å². The first-order valence-corrected chi connectivity index (χ1v) is 8.46. The number of rotatable bonds is 8. The summed E-state index contributed by atoms with van der Waals surface area (Å²) in [5, 5.41) is 5.55. The van der Waals surface area contributed by atoms with E-state index < -0.39 is 11.9 Å². The number of nitrogens with two attached hydrogens (primary N) is 1. The maximum Gasteiger partial charge on any atom is 0.242 e. The zero-order valence-corrected chi connectivity index (χ0v) is 13.8. The lowest BCUT2D eigenvalue weighted by atomic mass is 10.0. The Bertz CT molecular complexity index is 568. The quantitative estimate of drug-likeness (QED) is 0.659. The lowest BCUT2D eigenvalue weighted by Gasteiger charge is -2.20. The van der Waals surface area contributed by atoms with Gasteiger partial charge in [-0.15, -0.1) is 0 Å². The minimum atomic E-state index is -0.645. The van der Waals surface area contributed by atoms with Crippen molar-refractivity contribution in [3.63, 3.8) is 0 Å². The standard InChI is InChI=1S/C18H25N3O3/c19-16(22)10-11-20-18(24)15(12-13-6-2-1-3-7-13)21-17(23)14-8-4-5-9-14/h1-3,6-7,14-15H,4-5,8-12H2,(H2,19,22)(H,20,24)(H,21,23). The van der Waals surface area contributed by atoms with E-state index >= 15 is 0 Å². The average molecular weight is 331 g/mol. The fourth-order valence-electron chi connectivity index (χ4n) is 2.97. The Morgan fingerprint density at radius 1 is 1.12 bits per heavy atom. The summed E-state index contributed by atoms with van der Waals surface area (Å²) < 4.78 is 0. The summed E-state index contributed by atoms with van der Waals surface area (Å²) in [7, 11) is 0. The van der Waals surface area contributed by atoms with Crippen molar-refractivity contribution in [3.8, 4) is 0 Å². The van der Waals surface area contributed by atoms with Crippen LogP contribution in [0.4, 0.5) is 0 Å². The monoisotopic (exact) mass is 331 g/mol. The molecule has 0 heterocycles. The summed E-state index contributed by atoms with van der Waals surface area (Å²) >= 11 is 0. The first-order chi connectivity index (χ1) is 11.6. The van der Waals surface area contributed by atoms with Crippen molar-refractivity contribution in [2.24, 2.45) is 11.7 Å². The highest BCUT2D eigenvalue weighted by Crippen LogP contribution is 2.24. The number of nitrogens with one attached hydrogen (secondary N) is 2. The largest absolute Gasteiger partial charge is 0.370 e. The van der Waals surface area contributed by atoms with E-state index in [-0.39, 0.29) is 30.7 Å². The molecular weight excluding hydrogens is 306 g/mol. The Morgan fingerprint density at radius 2 is 1.79 bits per heavy atom. The molecule has 2 rings (SSSR count).